The van der Waals surface area contributed by atoms with E-state index in [1.807, 2.05) is 32.0 Å². The number of carbonyl (C=O) groups is 2. The number of furan rings is 1. The molecule has 0 unspecified atom stereocenters. The Morgan fingerprint density at radius 1 is 1.00 bits per heavy atom. The molecule has 3 rings (SSSR count). The summed E-state index contributed by atoms with van der Waals surface area (Å²) in [5, 5.41) is 5.95. The van der Waals surface area contributed by atoms with Gasteiger partial charge in [-0.1, -0.05) is 6.07 Å². The fraction of sp³-hybridized carbons (Fsp3) is 0.429. The monoisotopic (exact) mass is 354 g/mol. The second-order valence-corrected chi connectivity index (χ2v) is 7.21. The Balaban J connectivity index is 1.46. The number of benzene rings is 1. The molecule has 1 saturated carbocycles. The van der Waals surface area contributed by atoms with Crippen molar-refractivity contribution < 1.29 is 14.0 Å². The third kappa shape index (κ3) is 4.75. The van der Waals surface area contributed by atoms with E-state index >= 15 is 0 Å². The summed E-state index contributed by atoms with van der Waals surface area (Å²) in [6, 6.07) is 9.70. The first-order valence-corrected chi connectivity index (χ1v) is 9.20. The maximum atomic E-state index is 12.5. The fourth-order valence-corrected chi connectivity index (χ4v) is 3.64. The van der Waals surface area contributed by atoms with E-state index < -0.39 is 0 Å². The molecule has 5 heteroatoms. The number of hydrogen-bond donors (Lipinski definition) is 2. The van der Waals surface area contributed by atoms with Gasteiger partial charge < -0.3 is 15.1 Å². The SMILES string of the molecule is Cc1cc(C)cc(NC(=O)C2CCC(C(=O)NCc3ccco3)CC2)c1. The maximum absolute atomic E-state index is 12.5. The molecule has 0 radical (unpaired) electrons. The average Bonchev–Trinajstić information content (AvgIpc) is 3.12. The normalized spacial score (nSPS) is 19.8. The van der Waals surface area contributed by atoms with Crippen molar-refractivity contribution in [2.75, 3.05) is 5.32 Å². The Morgan fingerprint density at radius 2 is 1.62 bits per heavy atom. The molecule has 0 aliphatic heterocycles. The number of amides is 2. The first-order valence-electron chi connectivity index (χ1n) is 9.20. The molecule has 0 atom stereocenters. The third-order valence-electron chi connectivity index (χ3n) is 4.97. The molecule has 0 saturated heterocycles. The Kier molecular flexibility index (Phi) is 5.76. The molecule has 1 heterocycles. The summed E-state index contributed by atoms with van der Waals surface area (Å²) in [4.78, 5) is 24.8. The lowest BCUT2D eigenvalue weighted by atomic mass is 9.81. The molecule has 26 heavy (non-hydrogen) atoms. The third-order valence-corrected chi connectivity index (χ3v) is 4.97. The molecule has 0 bridgehead atoms. The van der Waals surface area contributed by atoms with Crippen LogP contribution in [-0.4, -0.2) is 11.8 Å². The lowest BCUT2D eigenvalue weighted by Gasteiger charge is -2.27. The number of aryl methyl sites for hydroxylation is 2. The van der Waals surface area contributed by atoms with Crippen LogP contribution in [0.3, 0.4) is 0 Å². The first-order chi connectivity index (χ1) is 12.5. The minimum Gasteiger partial charge on any atom is -0.467 e. The molecule has 1 aromatic carbocycles. The number of carbonyl (C=O) groups excluding carboxylic acids is 2. The largest absolute Gasteiger partial charge is 0.467 e. The van der Waals surface area contributed by atoms with Crippen molar-refractivity contribution in [1.82, 2.24) is 5.32 Å². The standard InChI is InChI=1S/C21H26N2O3/c1-14-10-15(2)12-18(11-14)23-21(25)17-7-5-16(6-8-17)20(24)22-13-19-4-3-9-26-19/h3-4,9-12,16-17H,5-8,13H2,1-2H3,(H,22,24)(H,23,25). The lowest BCUT2D eigenvalue weighted by molar-refractivity contribution is -0.128. The first kappa shape index (κ1) is 18.2. The molecular formula is C21H26N2O3. The second-order valence-electron chi connectivity index (χ2n) is 7.21. The van der Waals surface area contributed by atoms with Crippen molar-refractivity contribution in [3.8, 4) is 0 Å². The Hall–Kier alpha value is -2.56. The van der Waals surface area contributed by atoms with Gasteiger partial charge in [-0.15, -0.1) is 0 Å². The van der Waals surface area contributed by atoms with Gasteiger partial charge >= 0.3 is 0 Å². The van der Waals surface area contributed by atoms with Gasteiger partial charge in [0, 0.05) is 17.5 Å². The molecule has 0 spiro atoms. The van der Waals surface area contributed by atoms with Crippen LogP contribution in [0.15, 0.2) is 41.0 Å². The molecule has 2 N–H and O–H groups in total. The van der Waals surface area contributed by atoms with E-state index in [1.165, 1.54) is 0 Å². The van der Waals surface area contributed by atoms with E-state index in [0.29, 0.717) is 6.54 Å². The summed E-state index contributed by atoms with van der Waals surface area (Å²) in [6.45, 7) is 4.46. The summed E-state index contributed by atoms with van der Waals surface area (Å²) >= 11 is 0. The van der Waals surface area contributed by atoms with Crippen LogP contribution < -0.4 is 10.6 Å². The molecule has 2 amide bonds. The minimum absolute atomic E-state index is 0.0183. The highest BCUT2D eigenvalue weighted by Crippen LogP contribution is 2.30. The van der Waals surface area contributed by atoms with E-state index in [0.717, 1.165) is 48.3 Å². The highest BCUT2D eigenvalue weighted by Gasteiger charge is 2.30. The molecular weight excluding hydrogens is 328 g/mol. The maximum Gasteiger partial charge on any atom is 0.227 e. The van der Waals surface area contributed by atoms with Gasteiger partial charge in [0.25, 0.3) is 0 Å². The van der Waals surface area contributed by atoms with Crippen LogP contribution in [0.25, 0.3) is 0 Å². The van der Waals surface area contributed by atoms with Gasteiger partial charge in [0.05, 0.1) is 12.8 Å². The quantitative estimate of drug-likeness (QED) is 0.854. The number of nitrogens with one attached hydrogen (secondary N) is 2. The van der Waals surface area contributed by atoms with Crippen LogP contribution in [0.2, 0.25) is 0 Å². The van der Waals surface area contributed by atoms with Gasteiger partial charge in [0.15, 0.2) is 0 Å². The van der Waals surface area contributed by atoms with Gasteiger partial charge in [-0.25, -0.2) is 0 Å². The highest BCUT2D eigenvalue weighted by atomic mass is 16.3. The Bertz CT molecular complexity index is 739. The van der Waals surface area contributed by atoms with E-state index in [9.17, 15) is 9.59 Å². The number of anilines is 1. The van der Waals surface area contributed by atoms with Crippen LogP contribution in [0.5, 0.6) is 0 Å². The topological polar surface area (TPSA) is 71.3 Å². The molecule has 1 aliphatic carbocycles. The molecule has 2 aromatic rings. The zero-order valence-corrected chi connectivity index (χ0v) is 15.4. The fourth-order valence-electron chi connectivity index (χ4n) is 3.64. The summed E-state index contributed by atoms with van der Waals surface area (Å²) in [7, 11) is 0. The van der Waals surface area contributed by atoms with Crippen molar-refractivity contribution >= 4 is 17.5 Å². The smallest absolute Gasteiger partial charge is 0.227 e. The molecule has 1 aromatic heterocycles. The van der Waals surface area contributed by atoms with Gasteiger partial charge in [-0.3, -0.25) is 9.59 Å². The van der Waals surface area contributed by atoms with Crippen LogP contribution >= 0.6 is 0 Å². The highest BCUT2D eigenvalue weighted by molar-refractivity contribution is 5.93. The van der Waals surface area contributed by atoms with E-state index in [-0.39, 0.29) is 23.7 Å². The average molecular weight is 354 g/mol. The predicted octanol–water partition coefficient (Wildman–Crippen LogP) is 3.96. The second kappa shape index (κ2) is 8.21. The summed E-state index contributed by atoms with van der Waals surface area (Å²) < 4.78 is 5.23. The number of hydrogen-bond acceptors (Lipinski definition) is 3. The molecule has 1 aliphatic rings. The number of rotatable bonds is 5. The zero-order valence-electron chi connectivity index (χ0n) is 15.4. The summed E-state index contributed by atoms with van der Waals surface area (Å²) in [5.74, 6) is 0.819. The van der Waals surface area contributed by atoms with Crippen molar-refractivity contribution in [3.63, 3.8) is 0 Å². The van der Waals surface area contributed by atoms with Crippen LogP contribution in [-0.2, 0) is 16.1 Å². The zero-order chi connectivity index (χ0) is 18.5. The summed E-state index contributed by atoms with van der Waals surface area (Å²) in [5.41, 5.74) is 3.13. The molecule has 1 fully saturated rings. The van der Waals surface area contributed by atoms with Crippen molar-refractivity contribution in [3.05, 3.63) is 53.5 Å². The van der Waals surface area contributed by atoms with E-state index in [2.05, 4.69) is 16.7 Å². The van der Waals surface area contributed by atoms with Crippen molar-refractivity contribution in [1.29, 1.82) is 0 Å². The van der Waals surface area contributed by atoms with Gasteiger partial charge in [0.2, 0.25) is 11.8 Å². The van der Waals surface area contributed by atoms with Crippen LogP contribution in [0.4, 0.5) is 5.69 Å². The van der Waals surface area contributed by atoms with Crippen molar-refractivity contribution in [2.24, 2.45) is 11.8 Å². The van der Waals surface area contributed by atoms with Crippen LogP contribution in [0.1, 0.15) is 42.6 Å². The van der Waals surface area contributed by atoms with Gasteiger partial charge in [-0.2, -0.15) is 0 Å². The predicted molar refractivity (Wildman–Crippen MR) is 101 cm³/mol. The molecule has 5 nitrogen and oxygen atoms in total. The van der Waals surface area contributed by atoms with E-state index in [4.69, 9.17) is 4.42 Å². The summed E-state index contributed by atoms with van der Waals surface area (Å²) in [6.07, 6.45) is 4.58. The minimum atomic E-state index is -0.0232. The van der Waals surface area contributed by atoms with Crippen LogP contribution in [0, 0.1) is 25.7 Å². The lowest BCUT2D eigenvalue weighted by Crippen LogP contribution is -2.35. The van der Waals surface area contributed by atoms with E-state index in [1.54, 1.807) is 12.3 Å². The Labute approximate surface area is 154 Å². The molecule has 138 valence electrons. The van der Waals surface area contributed by atoms with Gasteiger partial charge in [0.1, 0.15) is 5.76 Å². The van der Waals surface area contributed by atoms with Gasteiger partial charge in [-0.05, 0) is 74.9 Å². The van der Waals surface area contributed by atoms with Crippen molar-refractivity contribution in [2.45, 2.75) is 46.1 Å². The Morgan fingerprint density at radius 3 is 2.19 bits per heavy atom.